The van der Waals surface area contributed by atoms with E-state index in [1.165, 1.54) is 51.4 Å². The molecule has 0 amide bonds. The summed E-state index contributed by atoms with van der Waals surface area (Å²) >= 11 is 0. The standard InChI is InChI=1S/C13H26N/c1-2-3-4-5-6-7-8-9-10-11-12-13-14/h3-4,14H,2,5-13H2,1H3/b4-3+. The van der Waals surface area contributed by atoms with Gasteiger partial charge in [0.15, 0.2) is 0 Å². The topological polar surface area (TPSA) is 23.8 Å². The molecule has 1 N–H and O–H groups in total. The number of hydrogen-bond acceptors (Lipinski definition) is 0. The van der Waals surface area contributed by atoms with Crippen LogP contribution < -0.4 is 5.73 Å². The second-order valence-electron chi connectivity index (χ2n) is 3.89. The molecule has 0 aromatic carbocycles. The van der Waals surface area contributed by atoms with Crippen molar-refractivity contribution in [2.24, 2.45) is 0 Å². The molecule has 0 heterocycles. The van der Waals surface area contributed by atoms with E-state index in [2.05, 4.69) is 19.1 Å². The summed E-state index contributed by atoms with van der Waals surface area (Å²) < 4.78 is 0. The van der Waals surface area contributed by atoms with Crippen LogP contribution in [-0.2, 0) is 0 Å². The zero-order chi connectivity index (χ0) is 10.5. The lowest BCUT2D eigenvalue weighted by atomic mass is 10.1. The molecule has 1 nitrogen and oxygen atoms in total. The second-order valence-corrected chi connectivity index (χ2v) is 3.89. The van der Waals surface area contributed by atoms with Crippen molar-refractivity contribution >= 4 is 0 Å². The average molecular weight is 196 g/mol. The van der Waals surface area contributed by atoms with Gasteiger partial charge in [0.05, 0.1) is 0 Å². The van der Waals surface area contributed by atoms with Gasteiger partial charge in [-0.25, -0.2) is 0 Å². The van der Waals surface area contributed by atoms with E-state index in [-0.39, 0.29) is 0 Å². The van der Waals surface area contributed by atoms with Gasteiger partial charge in [0.25, 0.3) is 0 Å². The summed E-state index contributed by atoms with van der Waals surface area (Å²) in [7, 11) is 0. The van der Waals surface area contributed by atoms with Gasteiger partial charge in [-0.2, -0.15) is 0 Å². The minimum absolute atomic E-state index is 0.613. The van der Waals surface area contributed by atoms with E-state index in [1.807, 2.05) is 0 Å². The number of rotatable bonds is 10. The van der Waals surface area contributed by atoms with Crippen molar-refractivity contribution in [2.45, 2.75) is 64.7 Å². The fourth-order valence-corrected chi connectivity index (χ4v) is 1.56. The Morgan fingerprint density at radius 1 is 0.786 bits per heavy atom. The monoisotopic (exact) mass is 196 g/mol. The number of unbranched alkanes of at least 4 members (excludes halogenated alkanes) is 7. The summed E-state index contributed by atoms with van der Waals surface area (Å²) in [4.78, 5) is 0. The van der Waals surface area contributed by atoms with Gasteiger partial charge in [-0.15, -0.1) is 0 Å². The molecule has 0 atom stereocenters. The minimum Gasteiger partial charge on any atom is -0.258 e. The van der Waals surface area contributed by atoms with Crippen LogP contribution in [-0.4, -0.2) is 6.54 Å². The lowest BCUT2D eigenvalue weighted by Gasteiger charge is -1.99. The molecule has 0 saturated carbocycles. The summed E-state index contributed by atoms with van der Waals surface area (Å²) in [6.07, 6.45) is 16.2. The maximum atomic E-state index is 7.01. The van der Waals surface area contributed by atoms with Gasteiger partial charge in [0, 0.05) is 6.54 Å². The summed E-state index contributed by atoms with van der Waals surface area (Å²) in [5.41, 5.74) is 7.01. The van der Waals surface area contributed by atoms with Crippen LogP contribution in [0.25, 0.3) is 0 Å². The van der Waals surface area contributed by atoms with Crippen LogP contribution in [0.3, 0.4) is 0 Å². The first-order valence-electron chi connectivity index (χ1n) is 6.21. The lowest BCUT2D eigenvalue weighted by Crippen LogP contribution is -1.85. The SMILES string of the molecule is CC/C=C/CCCCCCCCC[NH]. The lowest BCUT2D eigenvalue weighted by molar-refractivity contribution is 0.582. The van der Waals surface area contributed by atoms with Crippen molar-refractivity contribution in [3.8, 4) is 0 Å². The van der Waals surface area contributed by atoms with Gasteiger partial charge < -0.3 is 0 Å². The van der Waals surface area contributed by atoms with Crippen LogP contribution in [0.4, 0.5) is 0 Å². The van der Waals surface area contributed by atoms with Gasteiger partial charge in [-0.1, -0.05) is 51.2 Å². The number of nitrogens with one attached hydrogen (secondary N) is 1. The summed E-state index contributed by atoms with van der Waals surface area (Å²) in [6.45, 7) is 2.80. The molecule has 0 aromatic heterocycles. The van der Waals surface area contributed by atoms with Crippen LogP contribution in [0.2, 0.25) is 0 Å². The largest absolute Gasteiger partial charge is 0.258 e. The van der Waals surface area contributed by atoms with E-state index in [1.54, 1.807) is 0 Å². The summed E-state index contributed by atoms with van der Waals surface area (Å²) in [5, 5.41) is 0. The highest BCUT2D eigenvalue weighted by molar-refractivity contribution is 4.79. The molecule has 0 unspecified atom stereocenters. The van der Waals surface area contributed by atoms with E-state index in [0.717, 1.165) is 6.42 Å². The average Bonchev–Trinajstić information content (AvgIpc) is 2.21. The molecule has 1 heteroatoms. The maximum Gasteiger partial charge on any atom is 0.00997 e. The molecule has 0 spiro atoms. The van der Waals surface area contributed by atoms with E-state index >= 15 is 0 Å². The van der Waals surface area contributed by atoms with Crippen LogP contribution >= 0.6 is 0 Å². The van der Waals surface area contributed by atoms with Gasteiger partial charge >= 0.3 is 0 Å². The third kappa shape index (κ3) is 11.7. The molecule has 83 valence electrons. The zero-order valence-corrected chi connectivity index (χ0v) is 9.73. The Morgan fingerprint density at radius 3 is 1.93 bits per heavy atom. The van der Waals surface area contributed by atoms with Crippen molar-refractivity contribution < 1.29 is 0 Å². The predicted molar refractivity (Wildman–Crippen MR) is 64.3 cm³/mol. The molecule has 1 radical (unpaired) electrons. The highest BCUT2D eigenvalue weighted by atomic mass is 14.5. The minimum atomic E-state index is 0.613. The first kappa shape index (κ1) is 13.7. The highest BCUT2D eigenvalue weighted by Gasteiger charge is 1.90. The van der Waals surface area contributed by atoms with Crippen molar-refractivity contribution in [1.82, 2.24) is 5.73 Å². The van der Waals surface area contributed by atoms with E-state index in [0.29, 0.717) is 6.54 Å². The number of hydrogen-bond donors (Lipinski definition) is 0. The molecule has 0 bridgehead atoms. The predicted octanol–water partition coefficient (Wildman–Crippen LogP) is 4.36. The van der Waals surface area contributed by atoms with Crippen LogP contribution in [0.1, 0.15) is 64.7 Å². The molecule has 0 aromatic rings. The Balaban J connectivity index is 2.88. The summed E-state index contributed by atoms with van der Waals surface area (Å²) in [6, 6.07) is 0. The van der Waals surface area contributed by atoms with Crippen LogP contribution in [0.5, 0.6) is 0 Å². The smallest absolute Gasteiger partial charge is 0.00997 e. The van der Waals surface area contributed by atoms with Crippen molar-refractivity contribution in [3.63, 3.8) is 0 Å². The Bertz CT molecular complexity index is 118. The Labute approximate surface area is 89.8 Å². The van der Waals surface area contributed by atoms with Gasteiger partial charge in [0.2, 0.25) is 0 Å². The molecule has 0 saturated heterocycles. The van der Waals surface area contributed by atoms with Crippen molar-refractivity contribution in [1.29, 1.82) is 0 Å². The second kappa shape index (κ2) is 12.7. The molecule has 0 fully saturated rings. The summed E-state index contributed by atoms with van der Waals surface area (Å²) in [5.74, 6) is 0. The fraction of sp³-hybridized carbons (Fsp3) is 0.846. The highest BCUT2D eigenvalue weighted by Crippen LogP contribution is 2.08. The third-order valence-corrected chi connectivity index (χ3v) is 2.45. The van der Waals surface area contributed by atoms with Gasteiger partial charge in [-0.05, 0) is 25.7 Å². The fourth-order valence-electron chi connectivity index (χ4n) is 1.56. The maximum absolute atomic E-state index is 7.01. The molecular weight excluding hydrogens is 170 g/mol. The van der Waals surface area contributed by atoms with Crippen molar-refractivity contribution in [2.75, 3.05) is 6.54 Å². The molecule has 0 aliphatic heterocycles. The normalized spacial score (nSPS) is 11.3. The first-order valence-corrected chi connectivity index (χ1v) is 6.21. The molecule has 0 aliphatic rings. The molecular formula is C13H26N. The van der Waals surface area contributed by atoms with Gasteiger partial charge in [0.1, 0.15) is 0 Å². The molecule has 0 aliphatic carbocycles. The third-order valence-electron chi connectivity index (χ3n) is 2.45. The van der Waals surface area contributed by atoms with Crippen molar-refractivity contribution in [3.05, 3.63) is 12.2 Å². The first-order chi connectivity index (χ1) is 6.91. The Morgan fingerprint density at radius 2 is 1.36 bits per heavy atom. The Kier molecular flexibility index (Phi) is 12.4. The number of allylic oxidation sites excluding steroid dienone is 2. The Hall–Kier alpha value is -0.300. The molecule has 0 rings (SSSR count). The van der Waals surface area contributed by atoms with E-state index in [9.17, 15) is 0 Å². The van der Waals surface area contributed by atoms with Crippen LogP contribution in [0, 0.1) is 0 Å². The van der Waals surface area contributed by atoms with E-state index in [4.69, 9.17) is 5.73 Å². The van der Waals surface area contributed by atoms with E-state index < -0.39 is 0 Å². The zero-order valence-electron chi connectivity index (χ0n) is 9.73. The quantitative estimate of drug-likeness (QED) is 0.366. The van der Waals surface area contributed by atoms with Crippen LogP contribution in [0.15, 0.2) is 12.2 Å². The van der Waals surface area contributed by atoms with Gasteiger partial charge in [-0.3, -0.25) is 5.73 Å². The molecule has 14 heavy (non-hydrogen) atoms.